The summed E-state index contributed by atoms with van der Waals surface area (Å²) in [5.74, 6) is 0.246. The lowest BCUT2D eigenvalue weighted by atomic mass is 10.2. The summed E-state index contributed by atoms with van der Waals surface area (Å²) in [5.41, 5.74) is -0.105. The lowest BCUT2D eigenvalue weighted by Gasteiger charge is -2.13. The second-order valence-electron chi connectivity index (χ2n) is 4.76. The molecule has 0 bridgehead atoms. The zero-order valence-electron chi connectivity index (χ0n) is 12.5. The van der Waals surface area contributed by atoms with Crippen LogP contribution in [0.25, 0.3) is 0 Å². The Morgan fingerprint density at radius 3 is 2.46 bits per heavy atom. The Hall–Kier alpha value is -2.03. The van der Waals surface area contributed by atoms with E-state index in [9.17, 15) is 18.5 Å². The molecule has 0 aromatic heterocycles. The lowest BCUT2D eigenvalue weighted by Crippen LogP contribution is -2.14. The van der Waals surface area contributed by atoms with Gasteiger partial charge in [0.25, 0.3) is 15.7 Å². The highest BCUT2D eigenvalue weighted by atomic mass is 35.5. The van der Waals surface area contributed by atoms with Gasteiger partial charge in [0.2, 0.25) is 0 Å². The molecule has 24 heavy (non-hydrogen) atoms. The molecule has 0 amide bonds. The monoisotopic (exact) mass is 390 g/mol. The number of hydrogen-bond acceptors (Lipinski definition) is 5. The summed E-state index contributed by atoms with van der Waals surface area (Å²) in [4.78, 5) is 10.0. The van der Waals surface area contributed by atoms with E-state index in [1.807, 2.05) is 0 Å². The Balaban J connectivity index is 2.53. The van der Waals surface area contributed by atoms with Crippen LogP contribution < -0.4 is 9.46 Å². The molecule has 0 saturated heterocycles. The van der Waals surface area contributed by atoms with Gasteiger partial charge < -0.3 is 4.74 Å². The molecule has 0 aliphatic heterocycles. The minimum atomic E-state index is -4.14. The van der Waals surface area contributed by atoms with E-state index >= 15 is 0 Å². The van der Waals surface area contributed by atoms with Crippen molar-refractivity contribution >= 4 is 44.6 Å². The van der Waals surface area contributed by atoms with Gasteiger partial charge in [-0.2, -0.15) is 0 Å². The molecular weight excluding hydrogens is 379 g/mol. The molecule has 0 unspecified atom stereocenters. The number of nitro benzene ring substituents is 1. The predicted octanol–water partition coefficient (Wildman–Crippen LogP) is 4.02. The smallest absolute Gasteiger partial charge is 0.275 e. The zero-order chi connectivity index (χ0) is 18.1. The summed E-state index contributed by atoms with van der Waals surface area (Å²) in [7, 11) is -2.77. The molecule has 0 heterocycles. The first-order chi connectivity index (χ1) is 11.2. The molecule has 2 aromatic rings. The second-order valence-corrected chi connectivity index (χ2v) is 7.28. The first-order valence-electron chi connectivity index (χ1n) is 6.46. The summed E-state index contributed by atoms with van der Waals surface area (Å²) in [6, 6.07) is 6.47. The third-order valence-electron chi connectivity index (χ3n) is 3.20. The fourth-order valence-corrected chi connectivity index (χ4v) is 3.51. The average molecular weight is 391 g/mol. The molecule has 10 heteroatoms. The molecule has 0 aliphatic rings. The van der Waals surface area contributed by atoms with Crippen LogP contribution >= 0.6 is 23.2 Å². The summed E-state index contributed by atoms with van der Waals surface area (Å²) >= 11 is 11.8. The van der Waals surface area contributed by atoms with Crippen molar-refractivity contribution in [1.82, 2.24) is 0 Å². The van der Waals surface area contributed by atoms with E-state index in [2.05, 4.69) is 4.72 Å². The Morgan fingerprint density at radius 1 is 1.21 bits per heavy atom. The average Bonchev–Trinajstić information content (AvgIpc) is 2.49. The van der Waals surface area contributed by atoms with E-state index in [1.54, 1.807) is 0 Å². The van der Waals surface area contributed by atoms with Crippen LogP contribution in [0, 0.1) is 17.0 Å². The number of methoxy groups -OCH3 is 1. The SMILES string of the molecule is COc1ccc(Cl)cc1NS(=O)(=O)c1cc(Cl)c(C)c([N+](=O)[O-])c1. The van der Waals surface area contributed by atoms with Gasteiger partial charge in [0.1, 0.15) is 5.75 Å². The van der Waals surface area contributed by atoms with E-state index in [-0.39, 0.29) is 32.6 Å². The number of nitro groups is 1. The fourth-order valence-electron chi connectivity index (χ4n) is 1.95. The van der Waals surface area contributed by atoms with Gasteiger partial charge in [-0.15, -0.1) is 0 Å². The Kier molecular flexibility index (Phi) is 5.22. The van der Waals surface area contributed by atoms with Crippen LogP contribution in [0.5, 0.6) is 5.75 Å². The molecule has 2 rings (SSSR count). The van der Waals surface area contributed by atoms with Crippen LogP contribution in [0.1, 0.15) is 5.56 Å². The third-order valence-corrected chi connectivity index (χ3v) is 5.18. The highest BCUT2D eigenvalue weighted by molar-refractivity contribution is 7.92. The van der Waals surface area contributed by atoms with E-state index in [0.29, 0.717) is 5.02 Å². The van der Waals surface area contributed by atoms with Crippen molar-refractivity contribution in [3.8, 4) is 5.75 Å². The highest BCUT2D eigenvalue weighted by Crippen LogP contribution is 2.33. The van der Waals surface area contributed by atoms with Crippen LogP contribution in [0.2, 0.25) is 10.0 Å². The number of benzene rings is 2. The van der Waals surface area contributed by atoms with Gasteiger partial charge in [-0.25, -0.2) is 8.42 Å². The van der Waals surface area contributed by atoms with Crippen molar-refractivity contribution in [3.63, 3.8) is 0 Å². The number of ether oxygens (including phenoxy) is 1. The topological polar surface area (TPSA) is 98.5 Å². The van der Waals surface area contributed by atoms with Crippen molar-refractivity contribution in [3.05, 3.63) is 56.1 Å². The molecule has 0 aliphatic carbocycles. The summed E-state index contributed by atoms with van der Waals surface area (Å²) in [6.07, 6.45) is 0. The number of halogens is 2. The van der Waals surface area contributed by atoms with Gasteiger partial charge in [0, 0.05) is 16.7 Å². The fraction of sp³-hybridized carbons (Fsp3) is 0.143. The van der Waals surface area contributed by atoms with E-state index in [1.165, 1.54) is 32.2 Å². The van der Waals surface area contributed by atoms with Crippen LogP contribution in [-0.4, -0.2) is 20.5 Å². The second kappa shape index (κ2) is 6.84. The number of rotatable bonds is 5. The van der Waals surface area contributed by atoms with E-state index < -0.39 is 14.9 Å². The van der Waals surface area contributed by atoms with Crippen LogP contribution in [-0.2, 0) is 10.0 Å². The standard InChI is InChI=1S/C14H12Cl2N2O5S/c1-8-11(16)6-10(7-13(8)18(19)20)24(21,22)17-12-5-9(15)3-4-14(12)23-2/h3-7,17H,1-2H3. The van der Waals surface area contributed by atoms with Gasteiger partial charge in [-0.3, -0.25) is 14.8 Å². The number of sulfonamides is 1. The van der Waals surface area contributed by atoms with Crippen LogP contribution in [0.4, 0.5) is 11.4 Å². The van der Waals surface area contributed by atoms with Crippen molar-refractivity contribution < 1.29 is 18.1 Å². The van der Waals surface area contributed by atoms with Crippen LogP contribution in [0.3, 0.4) is 0 Å². The highest BCUT2D eigenvalue weighted by Gasteiger charge is 2.23. The normalized spacial score (nSPS) is 11.2. The first-order valence-corrected chi connectivity index (χ1v) is 8.70. The molecule has 0 radical (unpaired) electrons. The predicted molar refractivity (Wildman–Crippen MR) is 91.7 cm³/mol. The van der Waals surface area contributed by atoms with E-state index in [4.69, 9.17) is 27.9 Å². The largest absolute Gasteiger partial charge is 0.495 e. The van der Waals surface area contributed by atoms with Gasteiger partial charge in [0.15, 0.2) is 0 Å². The molecule has 2 aromatic carbocycles. The molecular formula is C14H12Cl2N2O5S. The van der Waals surface area contributed by atoms with Gasteiger partial charge >= 0.3 is 0 Å². The molecule has 0 spiro atoms. The number of nitrogens with one attached hydrogen (secondary N) is 1. The quantitative estimate of drug-likeness (QED) is 0.613. The molecule has 0 fully saturated rings. The molecule has 7 nitrogen and oxygen atoms in total. The van der Waals surface area contributed by atoms with Gasteiger partial charge in [-0.05, 0) is 31.2 Å². The van der Waals surface area contributed by atoms with E-state index in [0.717, 1.165) is 12.1 Å². The zero-order valence-corrected chi connectivity index (χ0v) is 14.9. The number of nitrogens with zero attached hydrogens (tertiary/aromatic N) is 1. The summed E-state index contributed by atoms with van der Waals surface area (Å²) in [6.45, 7) is 1.43. The van der Waals surface area contributed by atoms with Crippen molar-refractivity contribution in [1.29, 1.82) is 0 Å². The number of anilines is 1. The Bertz CT molecular complexity index is 916. The molecule has 1 N–H and O–H groups in total. The molecule has 128 valence electrons. The maximum Gasteiger partial charge on any atom is 0.275 e. The minimum Gasteiger partial charge on any atom is -0.495 e. The Morgan fingerprint density at radius 2 is 1.88 bits per heavy atom. The van der Waals surface area contributed by atoms with Gasteiger partial charge in [0.05, 0.1) is 27.6 Å². The summed E-state index contributed by atoms with van der Waals surface area (Å²) in [5, 5.41) is 11.3. The lowest BCUT2D eigenvalue weighted by molar-refractivity contribution is -0.385. The Labute approximate surface area is 148 Å². The van der Waals surface area contributed by atoms with Crippen molar-refractivity contribution in [2.45, 2.75) is 11.8 Å². The third kappa shape index (κ3) is 3.72. The van der Waals surface area contributed by atoms with Gasteiger partial charge in [-0.1, -0.05) is 23.2 Å². The minimum absolute atomic E-state index is 0.0253. The maximum atomic E-state index is 12.5. The van der Waals surface area contributed by atoms with Crippen molar-refractivity contribution in [2.75, 3.05) is 11.8 Å². The molecule has 0 saturated carbocycles. The summed E-state index contributed by atoms with van der Waals surface area (Å²) < 4.78 is 32.4. The van der Waals surface area contributed by atoms with Crippen molar-refractivity contribution in [2.24, 2.45) is 0 Å². The number of hydrogen-bond donors (Lipinski definition) is 1. The first kappa shape index (κ1) is 18.3. The maximum absolute atomic E-state index is 12.5. The molecule has 0 atom stereocenters. The van der Waals surface area contributed by atoms with Crippen LogP contribution in [0.15, 0.2) is 35.2 Å².